The van der Waals surface area contributed by atoms with E-state index in [1.807, 2.05) is 0 Å². The zero-order valence-corrected chi connectivity index (χ0v) is 9.88. The van der Waals surface area contributed by atoms with Crippen LogP contribution in [0.4, 0.5) is 0 Å². The predicted molar refractivity (Wildman–Crippen MR) is 59.6 cm³/mol. The van der Waals surface area contributed by atoms with E-state index in [1.165, 1.54) is 0 Å². The molecule has 0 radical (unpaired) electrons. The zero-order valence-electron chi connectivity index (χ0n) is 9.88. The summed E-state index contributed by atoms with van der Waals surface area (Å²) in [6.45, 7) is 6.29. The first-order chi connectivity index (χ1) is 7.15. The number of carbonyl (C=O) groups excluding carboxylic acids is 1. The topological polar surface area (TPSA) is 50.4 Å². The fraction of sp³-hybridized carbons (Fsp3) is 0.909. The van der Waals surface area contributed by atoms with Crippen molar-refractivity contribution < 1.29 is 9.53 Å². The Labute approximate surface area is 91.8 Å². The molecule has 0 aromatic carbocycles. The minimum Gasteiger partial charge on any atom is -0.378 e. The molecule has 1 amide bonds. The molecule has 0 spiro atoms. The Bertz CT molecular complexity index is 207. The van der Waals surface area contributed by atoms with E-state index in [-0.39, 0.29) is 5.91 Å². The van der Waals surface area contributed by atoms with Gasteiger partial charge in [-0.3, -0.25) is 4.79 Å². The van der Waals surface area contributed by atoms with E-state index >= 15 is 0 Å². The molecule has 1 rings (SSSR count). The van der Waals surface area contributed by atoms with Gasteiger partial charge in [0.15, 0.2) is 0 Å². The lowest BCUT2D eigenvalue weighted by molar-refractivity contribution is -0.120. The molecule has 0 aliphatic carbocycles. The van der Waals surface area contributed by atoms with Crippen molar-refractivity contribution in [1.82, 2.24) is 10.6 Å². The average Bonchev–Trinajstić information content (AvgIpc) is 2.63. The number of hydrogen-bond acceptors (Lipinski definition) is 3. The number of hydrogen-bond donors (Lipinski definition) is 2. The highest BCUT2D eigenvalue weighted by atomic mass is 16.5. The van der Waals surface area contributed by atoms with Crippen LogP contribution in [0.2, 0.25) is 0 Å². The highest BCUT2D eigenvalue weighted by Crippen LogP contribution is 2.25. The molecule has 2 unspecified atom stereocenters. The van der Waals surface area contributed by atoms with Gasteiger partial charge < -0.3 is 15.4 Å². The summed E-state index contributed by atoms with van der Waals surface area (Å²) < 4.78 is 5.65. The Hall–Kier alpha value is -0.610. The van der Waals surface area contributed by atoms with Crippen molar-refractivity contribution in [3.63, 3.8) is 0 Å². The maximum atomic E-state index is 11.3. The first-order valence-corrected chi connectivity index (χ1v) is 5.68. The first kappa shape index (κ1) is 12.5. The van der Waals surface area contributed by atoms with Crippen LogP contribution < -0.4 is 10.6 Å². The number of carbonyl (C=O) groups is 1. The van der Waals surface area contributed by atoms with Gasteiger partial charge in [0.25, 0.3) is 0 Å². The Kier molecular flexibility index (Phi) is 5.05. The van der Waals surface area contributed by atoms with Crippen molar-refractivity contribution in [2.24, 2.45) is 11.8 Å². The summed E-state index contributed by atoms with van der Waals surface area (Å²) in [5, 5.41) is 5.76. The van der Waals surface area contributed by atoms with Gasteiger partial charge >= 0.3 is 0 Å². The predicted octanol–water partition coefficient (Wildman–Crippen LogP) is 0.383. The van der Waals surface area contributed by atoms with Gasteiger partial charge in [-0.25, -0.2) is 0 Å². The van der Waals surface area contributed by atoms with Crippen LogP contribution in [0, 0.1) is 11.8 Å². The molecule has 88 valence electrons. The van der Waals surface area contributed by atoms with Gasteiger partial charge in [0.2, 0.25) is 5.91 Å². The van der Waals surface area contributed by atoms with Crippen LogP contribution in [0.3, 0.4) is 0 Å². The van der Waals surface area contributed by atoms with Crippen LogP contribution in [0.15, 0.2) is 0 Å². The van der Waals surface area contributed by atoms with E-state index in [4.69, 9.17) is 4.74 Å². The van der Waals surface area contributed by atoms with Crippen molar-refractivity contribution in [2.75, 3.05) is 26.7 Å². The second-order valence-electron chi connectivity index (χ2n) is 4.46. The fourth-order valence-electron chi connectivity index (χ4n) is 2.08. The summed E-state index contributed by atoms with van der Waals surface area (Å²) in [6, 6.07) is 0. The summed E-state index contributed by atoms with van der Waals surface area (Å²) in [6.07, 6.45) is 1.36. The van der Waals surface area contributed by atoms with Crippen LogP contribution in [0.5, 0.6) is 0 Å². The monoisotopic (exact) mass is 214 g/mol. The SMILES string of the molecule is CNCC(=O)NCC1CCOC1C(C)C. The number of rotatable bonds is 5. The quantitative estimate of drug-likeness (QED) is 0.696. The van der Waals surface area contributed by atoms with E-state index in [2.05, 4.69) is 24.5 Å². The Morgan fingerprint density at radius 1 is 1.53 bits per heavy atom. The molecule has 0 aromatic heterocycles. The third-order valence-corrected chi connectivity index (χ3v) is 2.82. The van der Waals surface area contributed by atoms with Gasteiger partial charge in [0.1, 0.15) is 0 Å². The van der Waals surface area contributed by atoms with Crippen molar-refractivity contribution in [1.29, 1.82) is 0 Å². The smallest absolute Gasteiger partial charge is 0.233 e. The number of amides is 1. The lowest BCUT2D eigenvalue weighted by Gasteiger charge is -2.22. The Morgan fingerprint density at radius 3 is 2.87 bits per heavy atom. The highest BCUT2D eigenvalue weighted by Gasteiger charge is 2.30. The van der Waals surface area contributed by atoms with Crippen molar-refractivity contribution >= 4 is 5.91 Å². The van der Waals surface area contributed by atoms with Crippen LogP contribution in [-0.4, -0.2) is 38.8 Å². The summed E-state index contributed by atoms with van der Waals surface area (Å²) >= 11 is 0. The molecule has 1 aliphatic rings. The summed E-state index contributed by atoms with van der Waals surface area (Å²) in [7, 11) is 1.77. The van der Waals surface area contributed by atoms with Gasteiger partial charge in [-0.15, -0.1) is 0 Å². The summed E-state index contributed by atoms with van der Waals surface area (Å²) in [5.41, 5.74) is 0. The van der Waals surface area contributed by atoms with E-state index in [0.717, 1.165) is 19.6 Å². The molecule has 0 aromatic rings. The minimum absolute atomic E-state index is 0.0620. The Morgan fingerprint density at radius 2 is 2.27 bits per heavy atom. The largest absolute Gasteiger partial charge is 0.378 e. The molecule has 1 saturated heterocycles. The molecule has 1 fully saturated rings. The third-order valence-electron chi connectivity index (χ3n) is 2.82. The fourth-order valence-corrected chi connectivity index (χ4v) is 2.08. The lowest BCUT2D eigenvalue weighted by Crippen LogP contribution is -2.38. The van der Waals surface area contributed by atoms with Crippen LogP contribution in [0.1, 0.15) is 20.3 Å². The number of nitrogens with one attached hydrogen (secondary N) is 2. The normalized spacial score (nSPS) is 25.9. The second kappa shape index (κ2) is 6.08. The maximum absolute atomic E-state index is 11.3. The molecule has 0 saturated carbocycles. The van der Waals surface area contributed by atoms with E-state index in [0.29, 0.717) is 24.5 Å². The van der Waals surface area contributed by atoms with Gasteiger partial charge in [0, 0.05) is 19.1 Å². The first-order valence-electron chi connectivity index (χ1n) is 5.68. The molecule has 1 heterocycles. The van der Waals surface area contributed by atoms with Gasteiger partial charge in [-0.05, 0) is 19.4 Å². The van der Waals surface area contributed by atoms with Gasteiger partial charge in [-0.1, -0.05) is 13.8 Å². The van der Waals surface area contributed by atoms with Crippen molar-refractivity contribution in [3.05, 3.63) is 0 Å². The molecule has 4 heteroatoms. The second-order valence-corrected chi connectivity index (χ2v) is 4.46. The summed E-state index contributed by atoms with van der Waals surface area (Å²) in [5.74, 6) is 1.07. The standard InChI is InChI=1S/C11H22N2O2/c1-8(2)11-9(4-5-15-11)6-13-10(14)7-12-3/h8-9,11-12H,4-7H2,1-3H3,(H,13,14). The molecule has 1 aliphatic heterocycles. The summed E-state index contributed by atoms with van der Waals surface area (Å²) in [4.78, 5) is 11.3. The van der Waals surface area contributed by atoms with E-state index in [1.54, 1.807) is 7.05 Å². The molecule has 2 atom stereocenters. The van der Waals surface area contributed by atoms with E-state index in [9.17, 15) is 4.79 Å². The number of ether oxygens (including phenoxy) is 1. The third kappa shape index (κ3) is 3.80. The molecular formula is C11H22N2O2. The minimum atomic E-state index is 0.0620. The van der Waals surface area contributed by atoms with Crippen LogP contribution >= 0.6 is 0 Å². The molecular weight excluding hydrogens is 192 g/mol. The average molecular weight is 214 g/mol. The zero-order chi connectivity index (χ0) is 11.3. The van der Waals surface area contributed by atoms with E-state index < -0.39 is 0 Å². The van der Waals surface area contributed by atoms with Gasteiger partial charge in [0.05, 0.1) is 12.6 Å². The lowest BCUT2D eigenvalue weighted by atomic mass is 9.93. The van der Waals surface area contributed by atoms with Crippen molar-refractivity contribution in [2.45, 2.75) is 26.4 Å². The molecule has 0 bridgehead atoms. The van der Waals surface area contributed by atoms with Crippen molar-refractivity contribution in [3.8, 4) is 0 Å². The molecule has 15 heavy (non-hydrogen) atoms. The molecule has 4 nitrogen and oxygen atoms in total. The van der Waals surface area contributed by atoms with Crippen LogP contribution in [0.25, 0.3) is 0 Å². The maximum Gasteiger partial charge on any atom is 0.233 e. The highest BCUT2D eigenvalue weighted by molar-refractivity contribution is 5.77. The van der Waals surface area contributed by atoms with Gasteiger partial charge in [-0.2, -0.15) is 0 Å². The van der Waals surface area contributed by atoms with Crippen LogP contribution in [-0.2, 0) is 9.53 Å². The molecule has 2 N–H and O–H groups in total. The Balaban J connectivity index is 2.28. The number of likely N-dealkylation sites (N-methyl/N-ethyl adjacent to an activating group) is 1.